The molecule has 2 bridgehead atoms. The lowest BCUT2D eigenvalue weighted by Crippen LogP contribution is -2.57. The summed E-state index contributed by atoms with van der Waals surface area (Å²) in [6.07, 6.45) is 5.72. The Kier molecular flexibility index (Phi) is 8.92. The number of aliphatic hydroxyl groups excluding tert-OH is 1. The van der Waals surface area contributed by atoms with Crippen LogP contribution in [0.3, 0.4) is 0 Å². The largest absolute Gasteiger partial charge is 0.466 e. The van der Waals surface area contributed by atoms with Crippen molar-refractivity contribution < 1.29 is 24.2 Å². The number of likely N-dealkylation sites (tertiary alicyclic amines) is 1. The summed E-state index contributed by atoms with van der Waals surface area (Å²) in [5, 5.41) is 9.14. The maximum absolute atomic E-state index is 14.7. The van der Waals surface area contributed by atoms with Crippen molar-refractivity contribution in [2.45, 2.75) is 75.8 Å². The van der Waals surface area contributed by atoms with Crippen molar-refractivity contribution in [2.75, 3.05) is 31.2 Å². The SMILES string of the molecule is C=CCN(C(=O)C1N(CCCCCCO)C(=O)[C@@H]2[C@H](C(=O)OCC)[C@@H]3CC(C)C12S3)c1cc(C)ccc1C. The zero-order valence-corrected chi connectivity index (χ0v) is 24.0. The van der Waals surface area contributed by atoms with E-state index < -0.39 is 22.6 Å². The fraction of sp³-hybridized carbons (Fsp3) is 0.633. The molecule has 3 aliphatic rings. The average Bonchev–Trinajstić information content (AvgIpc) is 3.47. The molecule has 1 aromatic carbocycles. The lowest BCUT2D eigenvalue weighted by Gasteiger charge is -2.40. The maximum atomic E-state index is 14.7. The summed E-state index contributed by atoms with van der Waals surface area (Å²) in [6.45, 7) is 13.1. The Morgan fingerprint density at radius 3 is 2.68 bits per heavy atom. The van der Waals surface area contributed by atoms with Crippen LogP contribution in [0.15, 0.2) is 30.9 Å². The number of hydrogen-bond acceptors (Lipinski definition) is 6. The number of fused-ring (bicyclic) bond motifs is 1. The second-order valence-electron chi connectivity index (χ2n) is 11.0. The number of carbonyl (C=O) groups is 3. The molecule has 0 saturated carbocycles. The second-order valence-corrected chi connectivity index (χ2v) is 12.5. The average molecular weight is 543 g/mol. The molecule has 0 aliphatic carbocycles. The molecule has 6 atom stereocenters. The monoisotopic (exact) mass is 542 g/mol. The maximum Gasteiger partial charge on any atom is 0.310 e. The van der Waals surface area contributed by atoms with Crippen LogP contribution < -0.4 is 4.90 Å². The Bertz CT molecular complexity index is 1080. The van der Waals surface area contributed by atoms with Crippen LogP contribution in [0.2, 0.25) is 0 Å². The smallest absolute Gasteiger partial charge is 0.310 e. The van der Waals surface area contributed by atoms with Crippen molar-refractivity contribution in [1.29, 1.82) is 0 Å². The van der Waals surface area contributed by atoms with E-state index in [0.29, 0.717) is 13.1 Å². The molecule has 3 aliphatic heterocycles. The van der Waals surface area contributed by atoms with Crippen molar-refractivity contribution in [3.05, 3.63) is 42.0 Å². The molecular formula is C30H42N2O5S. The molecule has 1 aromatic rings. The Labute approximate surface area is 231 Å². The van der Waals surface area contributed by atoms with E-state index >= 15 is 0 Å². The minimum Gasteiger partial charge on any atom is -0.466 e. The third-order valence-electron chi connectivity index (χ3n) is 8.58. The fourth-order valence-corrected chi connectivity index (χ4v) is 9.29. The number of anilines is 1. The number of thioether (sulfide) groups is 1. The predicted molar refractivity (Wildman–Crippen MR) is 151 cm³/mol. The Hall–Kier alpha value is -2.32. The number of esters is 1. The molecule has 3 fully saturated rings. The van der Waals surface area contributed by atoms with Crippen molar-refractivity contribution in [1.82, 2.24) is 4.90 Å². The van der Waals surface area contributed by atoms with Gasteiger partial charge in [0, 0.05) is 30.6 Å². The van der Waals surface area contributed by atoms with Crippen LogP contribution in [-0.2, 0) is 19.1 Å². The van der Waals surface area contributed by atoms with Gasteiger partial charge in [-0.05, 0) is 63.1 Å². The molecule has 4 rings (SSSR count). The molecule has 2 amide bonds. The summed E-state index contributed by atoms with van der Waals surface area (Å²) in [5.41, 5.74) is 2.87. The van der Waals surface area contributed by atoms with E-state index in [-0.39, 0.29) is 42.2 Å². The number of carbonyl (C=O) groups excluding carboxylic acids is 3. The highest BCUT2D eigenvalue weighted by atomic mass is 32.2. The Morgan fingerprint density at radius 1 is 1.26 bits per heavy atom. The van der Waals surface area contributed by atoms with Gasteiger partial charge in [0.05, 0.1) is 23.2 Å². The molecule has 1 N–H and O–H groups in total. The standard InChI is InChI=1S/C30H42N2O5S/c1-6-14-31(22-17-19(3)12-13-20(22)4)28(35)26-30-21(5)18-23(38-30)24(29(36)37-7-2)25(30)27(34)32(26)15-10-8-9-11-16-33/h6,12-13,17,21,23-26,33H,1,7-11,14-16,18H2,2-5H3/t21?,23-,24+,25-,26?,30?/m0/s1. The topological polar surface area (TPSA) is 87.2 Å². The van der Waals surface area contributed by atoms with Crippen LogP contribution in [0.4, 0.5) is 5.69 Å². The molecule has 38 heavy (non-hydrogen) atoms. The number of aliphatic hydroxyl groups is 1. The summed E-state index contributed by atoms with van der Waals surface area (Å²) < 4.78 is 4.78. The first-order valence-corrected chi connectivity index (χ1v) is 14.9. The third kappa shape index (κ3) is 4.79. The lowest BCUT2D eigenvalue weighted by molar-refractivity contribution is -0.154. The van der Waals surface area contributed by atoms with E-state index in [2.05, 4.69) is 13.5 Å². The van der Waals surface area contributed by atoms with Crippen LogP contribution in [-0.4, -0.2) is 70.1 Å². The quantitative estimate of drug-likeness (QED) is 0.241. The van der Waals surface area contributed by atoms with Crippen molar-refractivity contribution in [2.24, 2.45) is 17.8 Å². The molecule has 208 valence electrons. The highest BCUT2D eigenvalue weighted by Gasteiger charge is 2.76. The molecule has 3 saturated heterocycles. The van der Waals surface area contributed by atoms with Gasteiger partial charge in [-0.3, -0.25) is 14.4 Å². The predicted octanol–water partition coefficient (Wildman–Crippen LogP) is 4.28. The molecule has 8 heteroatoms. The fourth-order valence-electron chi connectivity index (χ4n) is 6.89. The lowest BCUT2D eigenvalue weighted by atomic mass is 9.66. The summed E-state index contributed by atoms with van der Waals surface area (Å²) in [6, 6.07) is 5.40. The zero-order chi connectivity index (χ0) is 27.6. The van der Waals surface area contributed by atoms with Crippen LogP contribution >= 0.6 is 11.8 Å². The van der Waals surface area contributed by atoms with Gasteiger partial charge in [-0.2, -0.15) is 0 Å². The first kappa shape index (κ1) is 28.7. The van der Waals surface area contributed by atoms with Gasteiger partial charge in [-0.15, -0.1) is 18.3 Å². The van der Waals surface area contributed by atoms with E-state index in [1.165, 1.54) is 0 Å². The molecule has 7 nitrogen and oxygen atoms in total. The first-order valence-electron chi connectivity index (χ1n) is 14.0. The van der Waals surface area contributed by atoms with Crippen LogP contribution in [0, 0.1) is 31.6 Å². The van der Waals surface area contributed by atoms with Gasteiger partial charge in [0.1, 0.15) is 6.04 Å². The number of amides is 2. The van der Waals surface area contributed by atoms with Crippen molar-refractivity contribution >= 4 is 35.2 Å². The number of rotatable bonds is 12. The number of nitrogens with zero attached hydrogens (tertiary/aromatic N) is 2. The number of aryl methyl sites for hydroxylation is 2. The van der Waals surface area contributed by atoms with Gasteiger partial charge in [0.2, 0.25) is 5.91 Å². The molecule has 3 unspecified atom stereocenters. The minimum atomic E-state index is -0.668. The number of hydrogen-bond donors (Lipinski definition) is 1. The molecule has 0 aromatic heterocycles. The van der Waals surface area contributed by atoms with Crippen molar-refractivity contribution in [3.63, 3.8) is 0 Å². The zero-order valence-electron chi connectivity index (χ0n) is 23.2. The normalized spacial score (nSPS) is 29.4. The van der Waals surface area contributed by atoms with E-state index in [9.17, 15) is 14.4 Å². The summed E-state index contributed by atoms with van der Waals surface area (Å²) in [5.74, 6) is -1.48. The molecule has 0 radical (unpaired) electrons. The molecular weight excluding hydrogens is 500 g/mol. The van der Waals surface area contributed by atoms with Gasteiger partial charge >= 0.3 is 5.97 Å². The van der Waals surface area contributed by atoms with Gasteiger partial charge in [0.25, 0.3) is 5.91 Å². The van der Waals surface area contributed by atoms with Gasteiger partial charge in [-0.25, -0.2) is 0 Å². The minimum absolute atomic E-state index is 0.0198. The van der Waals surface area contributed by atoms with E-state index in [0.717, 1.165) is 48.9 Å². The van der Waals surface area contributed by atoms with E-state index in [1.807, 2.05) is 32.0 Å². The van der Waals surface area contributed by atoms with Crippen LogP contribution in [0.1, 0.15) is 57.1 Å². The van der Waals surface area contributed by atoms with E-state index in [1.54, 1.807) is 34.6 Å². The van der Waals surface area contributed by atoms with Crippen LogP contribution in [0.25, 0.3) is 0 Å². The highest BCUT2D eigenvalue weighted by Crippen LogP contribution is 2.68. The highest BCUT2D eigenvalue weighted by molar-refractivity contribution is 8.02. The third-order valence-corrected chi connectivity index (χ3v) is 10.7. The van der Waals surface area contributed by atoms with Crippen LogP contribution in [0.5, 0.6) is 0 Å². The number of ether oxygens (including phenoxy) is 1. The first-order chi connectivity index (χ1) is 18.2. The summed E-state index contributed by atoms with van der Waals surface area (Å²) in [7, 11) is 0. The summed E-state index contributed by atoms with van der Waals surface area (Å²) >= 11 is 1.68. The van der Waals surface area contributed by atoms with Gasteiger partial charge in [-0.1, -0.05) is 38.0 Å². The molecule has 3 heterocycles. The van der Waals surface area contributed by atoms with Gasteiger partial charge in [0.15, 0.2) is 0 Å². The number of unbranched alkanes of at least 4 members (excludes halogenated alkanes) is 3. The van der Waals surface area contributed by atoms with E-state index in [4.69, 9.17) is 9.84 Å². The Morgan fingerprint density at radius 2 is 2.00 bits per heavy atom. The molecule has 1 spiro atoms. The van der Waals surface area contributed by atoms with Gasteiger partial charge < -0.3 is 19.6 Å². The summed E-state index contributed by atoms with van der Waals surface area (Å²) in [4.78, 5) is 45.6. The Balaban J connectivity index is 1.76. The van der Waals surface area contributed by atoms with Crippen molar-refractivity contribution in [3.8, 4) is 0 Å². The second kappa shape index (κ2) is 11.8. The number of benzene rings is 1.